The van der Waals surface area contributed by atoms with Gasteiger partial charge in [-0.1, -0.05) is 218 Å². The zero-order chi connectivity index (χ0) is 43.8. The second-order valence-corrected chi connectivity index (χ2v) is 16.7. The van der Waals surface area contributed by atoms with E-state index in [2.05, 4.69) is 231 Å². The van der Waals surface area contributed by atoms with E-state index >= 15 is 0 Å². The van der Waals surface area contributed by atoms with Gasteiger partial charge in [0.25, 0.3) is 0 Å². The monoisotopic (exact) mass is 840 g/mol. The van der Waals surface area contributed by atoms with Crippen molar-refractivity contribution in [2.24, 2.45) is 0 Å². The average molecular weight is 841 g/mol. The summed E-state index contributed by atoms with van der Waals surface area (Å²) in [6, 6.07) is 85.4. The predicted molar refractivity (Wildman–Crippen MR) is 274 cm³/mol. The maximum atomic E-state index is 5.21. The topological polar surface area (TPSA) is 51.6 Å². The van der Waals surface area contributed by atoms with Gasteiger partial charge in [0.2, 0.25) is 0 Å². The van der Waals surface area contributed by atoms with Gasteiger partial charge in [-0.3, -0.25) is 0 Å². The van der Waals surface area contributed by atoms with Crippen molar-refractivity contribution >= 4 is 32.4 Å². The number of para-hydroxylation sites is 1. The predicted octanol–water partition coefficient (Wildman–Crippen LogP) is 16.1. The standard InChI is InChI=1S/C62H40N4/c1-3-12-41(13-4-1)43-28-34-49(35-29-43)60-64-61(50-36-30-44(31-37-50)42-14-5-2-6-15-42)66-62(65-60)54-19-11-18-51(38-54)47-24-22-45(23-25-47)46-26-32-48(33-27-46)59-57-40-53-17-8-7-16-52(53)39-56(57)55-20-9-10-21-58(55)63-59/h1-40H. The van der Waals surface area contributed by atoms with Crippen LogP contribution in [0.2, 0.25) is 0 Å². The number of aromatic nitrogens is 4. The van der Waals surface area contributed by atoms with Gasteiger partial charge in [-0.2, -0.15) is 0 Å². The third kappa shape index (κ3) is 7.47. The molecule has 66 heavy (non-hydrogen) atoms. The zero-order valence-electron chi connectivity index (χ0n) is 35.9. The van der Waals surface area contributed by atoms with Gasteiger partial charge >= 0.3 is 0 Å². The second kappa shape index (κ2) is 16.7. The Morgan fingerprint density at radius 1 is 0.197 bits per heavy atom. The number of fused-ring (bicyclic) bond motifs is 4. The first-order valence-corrected chi connectivity index (χ1v) is 22.3. The molecule has 0 aliphatic heterocycles. The van der Waals surface area contributed by atoms with Crippen LogP contribution >= 0.6 is 0 Å². The molecule has 4 heteroatoms. The van der Waals surface area contributed by atoms with Crippen molar-refractivity contribution in [1.29, 1.82) is 0 Å². The normalized spacial score (nSPS) is 11.3. The summed E-state index contributed by atoms with van der Waals surface area (Å²) in [5.41, 5.74) is 15.0. The molecule has 0 N–H and O–H groups in total. The van der Waals surface area contributed by atoms with Gasteiger partial charge in [0.15, 0.2) is 17.5 Å². The van der Waals surface area contributed by atoms with Gasteiger partial charge in [0.1, 0.15) is 0 Å². The molecule has 2 aromatic heterocycles. The highest BCUT2D eigenvalue weighted by molar-refractivity contribution is 6.15. The molecule has 0 atom stereocenters. The third-order valence-electron chi connectivity index (χ3n) is 12.5. The van der Waals surface area contributed by atoms with Crippen LogP contribution in [0.15, 0.2) is 243 Å². The lowest BCUT2D eigenvalue weighted by Crippen LogP contribution is -2.00. The maximum Gasteiger partial charge on any atom is 0.164 e. The number of nitrogens with zero attached hydrogens (tertiary/aromatic N) is 4. The van der Waals surface area contributed by atoms with E-state index in [4.69, 9.17) is 19.9 Å². The smallest absolute Gasteiger partial charge is 0.164 e. The summed E-state index contributed by atoms with van der Waals surface area (Å²) in [4.78, 5) is 20.5. The number of pyridine rings is 1. The van der Waals surface area contributed by atoms with E-state index in [1.165, 1.54) is 32.7 Å². The molecule has 0 aliphatic carbocycles. The van der Waals surface area contributed by atoms with Gasteiger partial charge in [-0.05, 0) is 84.9 Å². The average Bonchev–Trinajstić information content (AvgIpc) is 3.41. The molecule has 12 rings (SSSR count). The molecule has 4 nitrogen and oxygen atoms in total. The van der Waals surface area contributed by atoms with Crippen molar-refractivity contribution < 1.29 is 0 Å². The van der Waals surface area contributed by atoms with Crippen LogP contribution in [-0.4, -0.2) is 19.9 Å². The summed E-state index contributed by atoms with van der Waals surface area (Å²) < 4.78 is 0. The molecule has 0 saturated carbocycles. The molecule has 0 spiro atoms. The Hall–Kier alpha value is -8.86. The minimum absolute atomic E-state index is 0.620. The van der Waals surface area contributed by atoms with Gasteiger partial charge in [-0.15, -0.1) is 0 Å². The molecule has 0 saturated heterocycles. The molecule has 0 fully saturated rings. The first-order valence-electron chi connectivity index (χ1n) is 22.3. The Kier molecular flexibility index (Phi) is 9.81. The number of benzene rings is 10. The Morgan fingerprint density at radius 2 is 0.561 bits per heavy atom. The van der Waals surface area contributed by atoms with Crippen LogP contribution in [0.1, 0.15) is 0 Å². The van der Waals surface area contributed by atoms with Crippen LogP contribution in [0.4, 0.5) is 0 Å². The highest BCUT2D eigenvalue weighted by Crippen LogP contribution is 2.37. The maximum absolute atomic E-state index is 5.21. The fourth-order valence-corrected chi connectivity index (χ4v) is 9.02. The SMILES string of the molecule is c1ccc(-c2ccc(-c3nc(-c4ccc(-c5ccccc5)cc4)nc(-c4cccc(-c5ccc(-c6ccc(-c7nc8ccccc8c8cc9ccccc9cc78)cc6)cc5)c4)n3)cc2)cc1. The first kappa shape index (κ1) is 38.8. The molecule has 308 valence electrons. The Balaban J connectivity index is 0.859. The quantitative estimate of drug-likeness (QED) is 0.113. The van der Waals surface area contributed by atoms with E-state index in [9.17, 15) is 0 Å². The van der Waals surface area contributed by atoms with Gasteiger partial charge in [0, 0.05) is 33.0 Å². The van der Waals surface area contributed by atoms with Crippen LogP contribution in [-0.2, 0) is 0 Å². The molecular weight excluding hydrogens is 801 g/mol. The van der Waals surface area contributed by atoms with Crippen LogP contribution < -0.4 is 0 Å². The number of rotatable bonds is 8. The fourth-order valence-electron chi connectivity index (χ4n) is 9.02. The molecule has 0 aliphatic rings. The molecule has 0 radical (unpaired) electrons. The summed E-state index contributed by atoms with van der Waals surface area (Å²) in [7, 11) is 0. The van der Waals surface area contributed by atoms with Crippen molar-refractivity contribution in [2.75, 3.05) is 0 Å². The Morgan fingerprint density at radius 3 is 1.09 bits per heavy atom. The van der Waals surface area contributed by atoms with E-state index in [0.29, 0.717) is 17.5 Å². The number of hydrogen-bond donors (Lipinski definition) is 0. The highest BCUT2D eigenvalue weighted by atomic mass is 15.0. The molecule has 2 heterocycles. The lowest BCUT2D eigenvalue weighted by Gasteiger charge is -2.12. The van der Waals surface area contributed by atoms with Gasteiger partial charge in [0.05, 0.1) is 11.2 Å². The molecule has 0 amide bonds. The Bertz CT molecular complexity index is 3600. The van der Waals surface area contributed by atoms with E-state index < -0.39 is 0 Å². The van der Waals surface area contributed by atoms with Crippen molar-refractivity contribution in [1.82, 2.24) is 19.9 Å². The highest BCUT2D eigenvalue weighted by Gasteiger charge is 2.16. The molecular formula is C62H40N4. The lowest BCUT2D eigenvalue weighted by molar-refractivity contribution is 1.07. The van der Waals surface area contributed by atoms with Crippen molar-refractivity contribution in [3.63, 3.8) is 0 Å². The minimum atomic E-state index is 0.620. The van der Waals surface area contributed by atoms with Crippen molar-refractivity contribution in [3.8, 4) is 89.9 Å². The van der Waals surface area contributed by atoms with Gasteiger partial charge < -0.3 is 0 Å². The largest absolute Gasteiger partial charge is 0.247 e. The minimum Gasteiger partial charge on any atom is -0.247 e. The molecule has 0 unspecified atom stereocenters. The zero-order valence-corrected chi connectivity index (χ0v) is 35.9. The number of hydrogen-bond acceptors (Lipinski definition) is 4. The summed E-state index contributed by atoms with van der Waals surface area (Å²) >= 11 is 0. The summed E-state index contributed by atoms with van der Waals surface area (Å²) in [6.45, 7) is 0. The lowest BCUT2D eigenvalue weighted by atomic mass is 9.95. The van der Waals surface area contributed by atoms with E-state index in [0.717, 1.165) is 72.2 Å². The molecule has 12 aromatic rings. The van der Waals surface area contributed by atoms with Crippen LogP contribution in [0.3, 0.4) is 0 Å². The fraction of sp³-hybridized carbons (Fsp3) is 0. The van der Waals surface area contributed by atoms with E-state index in [-0.39, 0.29) is 0 Å². The van der Waals surface area contributed by atoms with Crippen LogP contribution in [0, 0.1) is 0 Å². The second-order valence-electron chi connectivity index (χ2n) is 16.7. The van der Waals surface area contributed by atoms with Crippen LogP contribution in [0.5, 0.6) is 0 Å². The van der Waals surface area contributed by atoms with Crippen molar-refractivity contribution in [3.05, 3.63) is 243 Å². The summed E-state index contributed by atoms with van der Waals surface area (Å²) in [5.74, 6) is 1.87. The van der Waals surface area contributed by atoms with Crippen LogP contribution in [0.25, 0.3) is 122 Å². The van der Waals surface area contributed by atoms with Crippen molar-refractivity contribution in [2.45, 2.75) is 0 Å². The molecule has 10 aromatic carbocycles. The Labute approximate surface area is 383 Å². The first-order chi connectivity index (χ1) is 32.7. The molecule has 0 bridgehead atoms. The summed E-state index contributed by atoms with van der Waals surface area (Å²) in [6.07, 6.45) is 0. The summed E-state index contributed by atoms with van der Waals surface area (Å²) in [5, 5.41) is 5.99. The van der Waals surface area contributed by atoms with E-state index in [1.807, 2.05) is 12.1 Å². The van der Waals surface area contributed by atoms with E-state index in [1.54, 1.807) is 0 Å². The van der Waals surface area contributed by atoms with Gasteiger partial charge in [-0.25, -0.2) is 19.9 Å². The third-order valence-corrected chi connectivity index (χ3v) is 12.5.